The van der Waals surface area contributed by atoms with Crippen LogP contribution in [-0.4, -0.2) is 19.6 Å². The van der Waals surface area contributed by atoms with E-state index in [4.69, 9.17) is 12.6 Å². The molecule has 2 heterocycles. The van der Waals surface area contributed by atoms with E-state index in [1.807, 2.05) is 0 Å². The van der Waals surface area contributed by atoms with Crippen molar-refractivity contribution in [2.75, 3.05) is 0 Å². The van der Waals surface area contributed by atoms with Gasteiger partial charge in [-0.3, -0.25) is 0 Å². The molecule has 0 amide bonds. The summed E-state index contributed by atoms with van der Waals surface area (Å²) < 4.78 is 1.65. The van der Waals surface area contributed by atoms with Gasteiger partial charge in [0, 0.05) is 5.56 Å². The first-order chi connectivity index (χ1) is 6.86. The van der Waals surface area contributed by atoms with Gasteiger partial charge in [-0.1, -0.05) is 12.6 Å². The topological polar surface area (TPSA) is 43.1 Å². The Labute approximate surface area is 86.8 Å². The van der Waals surface area contributed by atoms with Gasteiger partial charge in [-0.05, 0) is 25.7 Å². The number of aromatic nitrogens is 4. The maximum atomic E-state index is 5.35. The molecule has 0 N–H and O–H groups in total. The SMILES string of the molecule is [S]c1c2c(nc3ncnn13)CCCC2. The van der Waals surface area contributed by atoms with Crippen LogP contribution in [0, 0.1) is 0 Å². The largest absolute Gasteiger partial charge is 0.253 e. The fraction of sp³-hybridized carbons (Fsp3) is 0.444. The third kappa shape index (κ3) is 1.02. The highest BCUT2D eigenvalue weighted by Crippen LogP contribution is 2.25. The highest BCUT2D eigenvalue weighted by Gasteiger charge is 2.17. The minimum absolute atomic E-state index is 0.635. The fourth-order valence-corrected chi connectivity index (χ4v) is 2.30. The molecule has 0 aliphatic heterocycles. The summed E-state index contributed by atoms with van der Waals surface area (Å²) in [7, 11) is 0. The first-order valence-electron chi connectivity index (χ1n) is 4.75. The third-order valence-corrected chi connectivity index (χ3v) is 3.07. The number of fused-ring (bicyclic) bond motifs is 2. The summed E-state index contributed by atoms with van der Waals surface area (Å²) in [5.74, 6) is 0.635. The van der Waals surface area contributed by atoms with Crippen LogP contribution in [0.1, 0.15) is 24.1 Å². The molecule has 1 aliphatic carbocycles. The van der Waals surface area contributed by atoms with E-state index >= 15 is 0 Å². The van der Waals surface area contributed by atoms with Crippen LogP contribution in [-0.2, 0) is 12.8 Å². The maximum Gasteiger partial charge on any atom is 0.253 e. The molecule has 5 heteroatoms. The van der Waals surface area contributed by atoms with Gasteiger partial charge in [-0.15, -0.1) is 0 Å². The van der Waals surface area contributed by atoms with Crippen molar-refractivity contribution >= 4 is 18.4 Å². The molecule has 1 radical (unpaired) electrons. The van der Waals surface area contributed by atoms with Crippen molar-refractivity contribution in [1.29, 1.82) is 0 Å². The minimum atomic E-state index is 0.635. The molecule has 0 aromatic carbocycles. The molecule has 4 nitrogen and oxygen atoms in total. The zero-order valence-electron chi connectivity index (χ0n) is 7.60. The van der Waals surface area contributed by atoms with E-state index in [1.165, 1.54) is 24.7 Å². The quantitative estimate of drug-likeness (QED) is 0.613. The minimum Gasteiger partial charge on any atom is -0.216 e. The Kier molecular flexibility index (Phi) is 1.67. The van der Waals surface area contributed by atoms with Gasteiger partial charge in [-0.25, -0.2) is 4.98 Å². The monoisotopic (exact) mass is 205 g/mol. The molecular formula is C9H9N4S. The highest BCUT2D eigenvalue weighted by molar-refractivity contribution is 7.80. The second-order valence-corrected chi connectivity index (χ2v) is 3.91. The van der Waals surface area contributed by atoms with Crippen LogP contribution in [0.5, 0.6) is 0 Å². The number of aryl methyl sites for hydroxylation is 1. The van der Waals surface area contributed by atoms with Crippen LogP contribution in [0.4, 0.5) is 0 Å². The molecule has 3 rings (SSSR count). The van der Waals surface area contributed by atoms with E-state index in [9.17, 15) is 0 Å². The molecule has 0 saturated carbocycles. The molecule has 0 atom stereocenters. The van der Waals surface area contributed by atoms with Gasteiger partial charge in [0.25, 0.3) is 5.78 Å². The van der Waals surface area contributed by atoms with E-state index in [1.54, 1.807) is 4.52 Å². The Hall–Kier alpha value is -1.23. The lowest BCUT2D eigenvalue weighted by atomic mass is 9.97. The van der Waals surface area contributed by atoms with Crippen molar-refractivity contribution in [2.24, 2.45) is 0 Å². The summed E-state index contributed by atoms with van der Waals surface area (Å²) in [6.45, 7) is 0. The Balaban J connectivity index is 2.36. The van der Waals surface area contributed by atoms with E-state index < -0.39 is 0 Å². The molecule has 0 unspecified atom stereocenters. The lowest BCUT2D eigenvalue weighted by Crippen LogP contribution is -2.10. The predicted octanol–water partition coefficient (Wildman–Crippen LogP) is 1.56. The third-order valence-electron chi connectivity index (χ3n) is 2.65. The summed E-state index contributed by atoms with van der Waals surface area (Å²) >= 11 is 5.35. The maximum absolute atomic E-state index is 5.35. The van der Waals surface area contributed by atoms with E-state index in [-0.39, 0.29) is 0 Å². The average molecular weight is 205 g/mol. The van der Waals surface area contributed by atoms with Crippen LogP contribution in [0.3, 0.4) is 0 Å². The molecule has 71 valence electrons. The number of nitrogens with zero attached hydrogens (tertiary/aromatic N) is 4. The molecule has 14 heavy (non-hydrogen) atoms. The standard InChI is InChI=1S/C9H9N4S/c14-8-6-3-1-2-4-7(6)12-9-10-5-11-13(8)9/h5H,1-4H2. The van der Waals surface area contributed by atoms with Crippen molar-refractivity contribution in [2.45, 2.75) is 30.7 Å². The lowest BCUT2D eigenvalue weighted by molar-refractivity contribution is 0.636. The molecule has 0 bridgehead atoms. The van der Waals surface area contributed by atoms with Gasteiger partial charge in [-0.2, -0.15) is 14.6 Å². The summed E-state index contributed by atoms with van der Waals surface area (Å²) in [4.78, 5) is 8.52. The molecule has 0 fully saturated rings. The summed E-state index contributed by atoms with van der Waals surface area (Å²) in [6.07, 6.45) is 5.99. The molecule has 0 saturated heterocycles. The zero-order chi connectivity index (χ0) is 9.54. The van der Waals surface area contributed by atoms with Gasteiger partial charge in [0.2, 0.25) is 0 Å². The van der Waals surface area contributed by atoms with E-state index in [0.29, 0.717) is 5.78 Å². The number of hydrogen-bond donors (Lipinski definition) is 0. The Morgan fingerprint density at radius 2 is 2.14 bits per heavy atom. The van der Waals surface area contributed by atoms with E-state index in [2.05, 4.69) is 15.1 Å². The fourth-order valence-electron chi connectivity index (χ4n) is 1.95. The Morgan fingerprint density at radius 1 is 1.29 bits per heavy atom. The van der Waals surface area contributed by atoms with Gasteiger partial charge >= 0.3 is 0 Å². The smallest absolute Gasteiger partial charge is 0.216 e. The van der Waals surface area contributed by atoms with Crippen molar-refractivity contribution in [3.05, 3.63) is 17.6 Å². The van der Waals surface area contributed by atoms with Gasteiger partial charge in [0.15, 0.2) is 0 Å². The first kappa shape index (κ1) is 8.11. The average Bonchev–Trinajstić information content (AvgIpc) is 2.66. The van der Waals surface area contributed by atoms with Gasteiger partial charge < -0.3 is 0 Å². The lowest BCUT2D eigenvalue weighted by Gasteiger charge is -2.15. The second kappa shape index (κ2) is 2.88. The Morgan fingerprint density at radius 3 is 3.07 bits per heavy atom. The number of rotatable bonds is 0. The second-order valence-electron chi connectivity index (χ2n) is 3.52. The Bertz CT molecular complexity index is 491. The predicted molar refractivity (Wildman–Crippen MR) is 53.3 cm³/mol. The molecule has 2 aromatic rings. The van der Waals surface area contributed by atoms with Crippen molar-refractivity contribution in [3.8, 4) is 0 Å². The summed E-state index contributed by atoms with van der Waals surface area (Å²) in [5.41, 5.74) is 2.33. The number of hydrogen-bond acceptors (Lipinski definition) is 3. The van der Waals surface area contributed by atoms with Crippen LogP contribution in [0.25, 0.3) is 5.78 Å². The molecular weight excluding hydrogens is 196 g/mol. The first-order valence-corrected chi connectivity index (χ1v) is 5.15. The van der Waals surface area contributed by atoms with Crippen molar-refractivity contribution in [3.63, 3.8) is 0 Å². The van der Waals surface area contributed by atoms with Gasteiger partial charge in [0.05, 0.1) is 5.69 Å². The molecule has 2 aromatic heterocycles. The van der Waals surface area contributed by atoms with Crippen molar-refractivity contribution < 1.29 is 0 Å². The normalized spacial score (nSPS) is 15.7. The van der Waals surface area contributed by atoms with E-state index in [0.717, 1.165) is 23.6 Å². The molecule has 1 aliphatic rings. The van der Waals surface area contributed by atoms with Crippen LogP contribution in [0.15, 0.2) is 11.4 Å². The molecule has 0 spiro atoms. The highest BCUT2D eigenvalue weighted by atomic mass is 32.1. The van der Waals surface area contributed by atoms with Gasteiger partial charge in [0.1, 0.15) is 11.4 Å². The van der Waals surface area contributed by atoms with Crippen LogP contribution in [0.2, 0.25) is 0 Å². The van der Waals surface area contributed by atoms with Crippen molar-refractivity contribution in [1.82, 2.24) is 19.6 Å². The summed E-state index contributed by atoms with van der Waals surface area (Å²) in [5, 5.41) is 4.86. The zero-order valence-corrected chi connectivity index (χ0v) is 8.42. The van der Waals surface area contributed by atoms with Crippen LogP contribution < -0.4 is 0 Å². The summed E-state index contributed by atoms with van der Waals surface area (Å²) in [6, 6.07) is 0. The van der Waals surface area contributed by atoms with Crippen LogP contribution >= 0.6 is 12.6 Å².